The van der Waals surface area contributed by atoms with Crippen molar-refractivity contribution in [2.45, 2.75) is 52.4 Å². The van der Waals surface area contributed by atoms with Crippen molar-refractivity contribution in [2.75, 3.05) is 5.73 Å². The number of rotatable bonds is 3. The highest BCUT2D eigenvalue weighted by Gasteiger charge is 2.24. The number of aliphatic imine (C=N–C) groups is 1. The molecule has 0 saturated heterocycles. The minimum absolute atomic E-state index is 0.0677. The molecule has 0 fully saturated rings. The van der Waals surface area contributed by atoms with Gasteiger partial charge in [0.05, 0.1) is 5.69 Å². The van der Waals surface area contributed by atoms with Crippen LogP contribution < -0.4 is 5.73 Å². The first-order valence-corrected chi connectivity index (χ1v) is 13.2. The first-order chi connectivity index (χ1) is 17.9. The summed E-state index contributed by atoms with van der Waals surface area (Å²) in [5.74, 6) is 0.279. The van der Waals surface area contributed by atoms with Crippen LogP contribution in [0, 0.1) is 0 Å². The van der Waals surface area contributed by atoms with Crippen molar-refractivity contribution < 1.29 is 5.11 Å². The number of hydrogen-bond acceptors (Lipinski definition) is 3. The Kier molecular flexibility index (Phi) is 6.27. The molecule has 0 radical (unpaired) electrons. The van der Waals surface area contributed by atoms with Crippen molar-refractivity contribution in [3.8, 4) is 16.9 Å². The van der Waals surface area contributed by atoms with E-state index < -0.39 is 0 Å². The first kappa shape index (κ1) is 25.5. The van der Waals surface area contributed by atoms with E-state index in [1.54, 1.807) is 6.21 Å². The summed E-state index contributed by atoms with van der Waals surface area (Å²) in [7, 11) is 0. The first-order valence-electron chi connectivity index (χ1n) is 13.2. The zero-order chi connectivity index (χ0) is 27.2. The summed E-state index contributed by atoms with van der Waals surface area (Å²) in [6.45, 7) is 13.0. The minimum atomic E-state index is -0.209. The van der Waals surface area contributed by atoms with E-state index in [0.29, 0.717) is 11.3 Å². The molecule has 0 unspecified atom stereocenters. The maximum absolute atomic E-state index is 11.3. The molecule has 192 valence electrons. The van der Waals surface area contributed by atoms with Crippen LogP contribution in [-0.2, 0) is 10.8 Å². The number of hydrogen-bond donors (Lipinski definition) is 2. The molecule has 0 saturated carbocycles. The molecule has 0 aliphatic rings. The molecular weight excluding hydrogens is 464 g/mol. The van der Waals surface area contributed by atoms with Crippen molar-refractivity contribution in [3.05, 3.63) is 102 Å². The predicted molar refractivity (Wildman–Crippen MR) is 164 cm³/mol. The van der Waals surface area contributed by atoms with Crippen molar-refractivity contribution in [3.63, 3.8) is 0 Å². The Morgan fingerprint density at radius 1 is 0.684 bits per heavy atom. The normalized spacial score (nSPS) is 12.6. The Bertz CT molecular complexity index is 1700. The molecular formula is C35H36N2O. The fraction of sp³-hybridized carbons (Fsp3) is 0.229. The number of nitrogens with two attached hydrogens (primary N) is 1. The summed E-state index contributed by atoms with van der Waals surface area (Å²) < 4.78 is 0. The van der Waals surface area contributed by atoms with Crippen LogP contribution in [0.2, 0.25) is 0 Å². The SMILES string of the molecule is CC(C)(C)c1cc(C=Nc2ccc3ccccc3c2-c2c(N)ccc3ccccc23)c(O)c(C(C)(C)C)c1. The number of fused-ring (bicyclic) bond motifs is 2. The number of phenolic OH excluding ortho intramolecular Hbond substituents is 1. The lowest BCUT2D eigenvalue weighted by Crippen LogP contribution is -2.17. The summed E-state index contributed by atoms with van der Waals surface area (Å²) in [5, 5.41) is 15.8. The predicted octanol–water partition coefficient (Wildman–Crippen LogP) is 9.29. The molecule has 0 atom stereocenters. The molecule has 0 heterocycles. The molecule has 3 nitrogen and oxygen atoms in total. The topological polar surface area (TPSA) is 58.6 Å². The second kappa shape index (κ2) is 9.33. The van der Waals surface area contributed by atoms with Gasteiger partial charge in [-0.25, -0.2) is 0 Å². The highest BCUT2D eigenvalue weighted by molar-refractivity contribution is 6.13. The van der Waals surface area contributed by atoms with Crippen molar-refractivity contribution in [1.82, 2.24) is 0 Å². The molecule has 5 aromatic rings. The van der Waals surface area contributed by atoms with Gasteiger partial charge in [-0.3, -0.25) is 4.99 Å². The molecule has 5 aromatic carbocycles. The molecule has 0 bridgehead atoms. The molecule has 5 rings (SSSR count). The van der Waals surface area contributed by atoms with Gasteiger partial charge in [-0.05, 0) is 56.1 Å². The van der Waals surface area contributed by atoms with Crippen molar-refractivity contribution in [1.29, 1.82) is 0 Å². The Balaban J connectivity index is 1.78. The average Bonchev–Trinajstić information content (AvgIpc) is 2.86. The number of aromatic hydroxyl groups is 1. The molecule has 0 spiro atoms. The van der Waals surface area contributed by atoms with E-state index in [2.05, 4.69) is 96.1 Å². The molecule has 0 aliphatic carbocycles. The van der Waals surface area contributed by atoms with Crippen molar-refractivity contribution in [2.24, 2.45) is 4.99 Å². The third-order valence-electron chi connectivity index (χ3n) is 7.27. The smallest absolute Gasteiger partial charge is 0.128 e. The van der Waals surface area contributed by atoms with Gasteiger partial charge in [0, 0.05) is 34.2 Å². The second-order valence-corrected chi connectivity index (χ2v) is 12.2. The fourth-order valence-corrected chi connectivity index (χ4v) is 5.10. The maximum Gasteiger partial charge on any atom is 0.128 e. The molecule has 38 heavy (non-hydrogen) atoms. The van der Waals surface area contributed by atoms with E-state index >= 15 is 0 Å². The van der Waals surface area contributed by atoms with Gasteiger partial charge < -0.3 is 10.8 Å². The standard InChI is InChI=1S/C35H36N2O/c1-34(2,3)25-19-24(33(38)28(20-25)35(4,5)6)21-37-30-18-16-23-12-8-10-14-27(23)32(30)31-26-13-9-7-11-22(26)15-17-29(31)36/h7-21,38H,36H2,1-6H3. The fourth-order valence-electron chi connectivity index (χ4n) is 5.10. The van der Waals surface area contributed by atoms with Crippen LogP contribution >= 0.6 is 0 Å². The summed E-state index contributed by atoms with van der Waals surface area (Å²) in [6, 6.07) is 29.0. The van der Waals surface area contributed by atoms with E-state index in [1.807, 2.05) is 30.3 Å². The van der Waals surface area contributed by atoms with Gasteiger partial charge in [0.15, 0.2) is 0 Å². The third-order valence-corrected chi connectivity index (χ3v) is 7.27. The van der Waals surface area contributed by atoms with E-state index in [9.17, 15) is 5.11 Å². The largest absolute Gasteiger partial charge is 0.507 e. The Morgan fingerprint density at radius 3 is 1.87 bits per heavy atom. The zero-order valence-corrected chi connectivity index (χ0v) is 23.1. The number of benzene rings is 5. The van der Waals surface area contributed by atoms with Gasteiger partial charge in [-0.15, -0.1) is 0 Å². The lowest BCUT2D eigenvalue weighted by atomic mass is 9.79. The van der Waals surface area contributed by atoms with E-state index in [4.69, 9.17) is 10.7 Å². The van der Waals surface area contributed by atoms with Gasteiger partial charge in [-0.2, -0.15) is 0 Å². The van der Waals surface area contributed by atoms with Crippen LogP contribution in [0.3, 0.4) is 0 Å². The van der Waals surface area contributed by atoms with Crippen LogP contribution in [0.4, 0.5) is 11.4 Å². The van der Waals surface area contributed by atoms with Crippen LogP contribution in [0.1, 0.15) is 58.2 Å². The highest BCUT2D eigenvalue weighted by atomic mass is 16.3. The van der Waals surface area contributed by atoms with Gasteiger partial charge in [0.2, 0.25) is 0 Å². The highest BCUT2D eigenvalue weighted by Crippen LogP contribution is 2.44. The Morgan fingerprint density at radius 2 is 1.26 bits per heavy atom. The number of anilines is 1. The molecule has 0 aliphatic heterocycles. The van der Waals surface area contributed by atoms with Gasteiger partial charge in [0.1, 0.15) is 5.75 Å². The van der Waals surface area contributed by atoms with Crippen LogP contribution in [0.15, 0.2) is 89.9 Å². The lowest BCUT2D eigenvalue weighted by Gasteiger charge is -2.27. The van der Waals surface area contributed by atoms with Crippen molar-refractivity contribution >= 4 is 39.1 Å². The third kappa shape index (κ3) is 4.65. The zero-order valence-electron chi connectivity index (χ0n) is 23.1. The molecule has 3 N–H and O–H groups in total. The van der Waals surface area contributed by atoms with E-state index in [1.165, 1.54) is 5.56 Å². The second-order valence-electron chi connectivity index (χ2n) is 12.2. The Labute approximate surface area is 225 Å². The summed E-state index contributed by atoms with van der Waals surface area (Å²) in [6.07, 6.45) is 1.80. The summed E-state index contributed by atoms with van der Waals surface area (Å²) in [5.41, 5.74) is 12.7. The molecule has 0 aromatic heterocycles. The summed E-state index contributed by atoms with van der Waals surface area (Å²) in [4.78, 5) is 5.02. The monoisotopic (exact) mass is 500 g/mol. The van der Waals surface area contributed by atoms with Gasteiger partial charge >= 0.3 is 0 Å². The Hall–Kier alpha value is -4.11. The van der Waals surface area contributed by atoms with E-state index in [0.717, 1.165) is 43.9 Å². The average molecular weight is 501 g/mol. The van der Waals surface area contributed by atoms with E-state index in [-0.39, 0.29) is 16.6 Å². The van der Waals surface area contributed by atoms with Crippen LogP contribution in [0.25, 0.3) is 32.7 Å². The van der Waals surface area contributed by atoms with Crippen LogP contribution in [-0.4, -0.2) is 11.3 Å². The molecule has 3 heteroatoms. The number of phenols is 1. The van der Waals surface area contributed by atoms with Crippen LogP contribution in [0.5, 0.6) is 5.75 Å². The number of nitrogen functional groups attached to an aromatic ring is 1. The molecule has 0 amide bonds. The van der Waals surface area contributed by atoms with Gasteiger partial charge in [0.25, 0.3) is 0 Å². The number of nitrogens with zero attached hydrogens (tertiary/aromatic N) is 1. The lowest BCUT2D eigenvalue weighted by molar-refractivity contribution is 0.444. The quantitative estimate of drug-likeness (QED) is 0.191. The summed E-state index contributed by atoms with van der Waals surface area (Å²) >= 11 is 0. The van der Waals surface area contributed by atoms with Gasteiger partial charge in [-0.1, -0.05) is 108 Å². The minimum Gasteiger partial charge on any atom is -0.507 e. The maximum atomic E-state index is 11.3.